The summed E-state index contributed by atoms with van der Waals surface area (Å²) >= 11 is 0. The molecule has 0 aromatic heterocycles. The van der Waals surface area contributed by atoms with Crippen molar-refractivity contribution in [2.75, 3.05) is 0 Å². The number of carbonyl (C=O) groups excluding carboxylic acids is 2. The van der Waals surface area contributed by atoms with Crippen molar-refractivity contribution >= 4 is 11.9 Å². The fourth-order valence-electron chi connectivity index (χ4n) is 3.51. The summed E-state index contributed by atoms with van der Waals surface area (Å²) in [5.74, 6) is -0.951. The van der Waals surface area contributed by atoms with Gasteiger partial charge in [0.1, 0.15) is 12.2 Å². The molecule has 2 aliphatic carbocycles. The minimum absolute atomic E-state index is 0.0445. The van der Waals surface area contributed by atoms with Gasteiger partial charge in [-0.15, -0.1) is 0 Å². The molecule has 5 nitrogen and oxygen atoms in total. The summed E-state index contributed by atoms with van der Waals surface area (Å²) in [5.41, 5.74) is -1.85. The average Bonchev–Trinajstić information content (AvgIpc) is 2.90. The normalized spacial score (nSPS) is 43.5. The molecule has 5 unspecified atom stereocenters. The molecule has 0 spiro atoms. The third-order valence-corrected chi connectivity index (χ3v) is 5.20. The van der Waals surface area contributed by atoms with Crippen molar-refractivity contribution in [3.05, 3.63) is 0 Å². The van der Waals surface area contributed by atoms with Crippen LogP contribution in [0.25, 0.3) is 0 Å². The quantitative estimate of drug-likeness (QED) is 0.774. The Kier molecular flexibility index (Phi) is 2.53. The SMILES string of the molecule is CCC(C)(C)C(=O)OC1C2CC3C1OC(=O)C3(O)C2. The second-order valence-corrected chi connectivity index (χ2v) is 6.71. The van der Waals surface area contributed by atoms with Gasteiger partial charge in [-0.2, -0.15) is 0 Å². The molecule has 1 aliphatic heterocycles. The summed E-state index contributed by atoms with van der Waals surface area (Å²) in [6.07, 6.45) is 0.929. The molecule has 0 aromatic carbocycles. The first-order chi connectivity index (χ1) is 8.79. The Morgan fingerprint density at radius 3 is 2.89 bits per heavy atom. The van der Waals surface area contributed by atoms with Crippen LogP contribution < -0.4 is 0 Å². The maximum atomic E-state index is 12.1. The third kappa shape index (κ3) is 1.57. The summed E-state index contributed by atoms with van der Waals surface area (Å²) in [5, 5.41) is 10.2. The molecule has 2 bridgehead atoms. The highest BCUT2D eigenvalue weighted by Crippen LogP contribution is 2.57. The van der Waals surface area contributed by atoms with E-state index in [4.69, 9.17) is 9.47 Å². The van der Waals surface area contributed by atoms with E-state index >= 15 is 0 Å². The molecule has 0 amide bonds. The molecule has 2 saturated carbocycles. The lowest BCUT2D eigenvalue weighted by molar-refractivity contribution is -0.170. The van der Waals surface area contributed by atoms with Gasteiger partial charge in [-0.1, -0.05) is 6.92 Å². The van der Waals surface area contributed by atoms with Gasteiger partial charge in [0.25, 0.3) is 0 Å². The summed E-state index contributed by atoms with van der Waals surface area (Å²) in [6.45, 7) is 5.63. The summed E-state index contributed by atoms with van der Waals surface area (Å²) in [7, 11) is 0. The first kappa shape index (κ1) is 12.9. The van der Waals surface area contributed by atoms with Crippen molar-refractivity contribution in [1.82, 2.24) is 0 Å². The van der Waals surface area contributed by atoms with Crippen LogP contribution in [0.1, 0.15) is 40.0 Å². The number of rotatable bonds is 3. The van der Waals surface area contributed by atoms with Crippen molar-refractivity contribution in [3.63, 3.8) is 0 Å². The number of aliphatic hydroxyl groups is 1. The van der Waals surface area contributed by atoms with Crippen LogP contribution in [0.2, 0.25) is 0 Å². The number of fused-ring (bicyclic) bond motifs is 1. The van der Waals surface area contributed by atoms with E-state index in [1.54, 1.807) is 0 Å². The van der Waals surface area contributed by atoms with Crippen LogP contribution >= 0.6 is 0 Å². The molecule has 5 atom stereocenters. The zero-order valence-corrected chi connectivity index (χ0v) is 11.5. The fourth-order valence-corrected chi connectivity index (χ4v) is 3.51. The van der Waals surface area contributed by atoms with Crippen LogP contribution in [-0.4, -0.2) is 34.9 Å². The molecular weight excluding hydrogens is 248 g/mol. The number of carbonyl (C=O) groups is 2. The highest BCUT2D eigenvalue weighted by atomic mass is 16.6. The lowest BCUT2D eigenvalue weighted by Crippen LogP contribution is -2.45. The zero-order chi connectivity index (χ0) is 14.0. The van der Waals surface area contributed by atoms with Crippen molar-refractivity contribution in [3.8, 4) is 0 Å². The minimum Gasteiger partial charge on any atom is -0.458 e. The van der Waals surface area contributed by atoms with Crippen LogP contribution in [0.5, 0.6) is 0 Å². The first-order valence-electron chi connectivity index (χ1n) is 6.94. The van der Waals surface area contributed by atoms with Gasteiger partial charge in [-0.3, -0.25) is 4.79 Å². The maximum absolute atomic E-state index is 12.1. The maximum Gasteiger partial charge on any atom is 0.338 e. The predicted octanol–water partition coefficient (Wildman–Crippen LogP) is 1.03. The van der Waals surface area contributed by atoms with E-state index in [0.29, 0.717) is 19.3 Å². The van der Waals surface area contributed by atoms with Gasteiger partial charge in [-0.25, -0.2) is 4.79 Å². The minimum atomic E-state index is -1.32. The second kappa shape index (κ2) is 3.72. The second-order valence-electron chi connectivity index (χ2n) is 6.71. The van der Waals surface area contributed by atoms with Crippen LogP contribution in [0.3, 0.4) is 0 Å². The third-order valence-electron chi connectivity index (χ3n) is 5.20. The summed E-state index contributed by atoms with van der Waals surface area (Å²) < 4.78 is 10.8. The highest BCUT2D eigenvalue weighted by Gasteiger charge is 2.71. The van der Waals surface area contributed by atoms with Gasteiger partial charge < -0.3 is 14.6 Å². The van der Waals surface area contributed by atoms with E-state index < -0.39 is 23.1 Å². The van der Waals surface area contributed by atoms with Gasteiger partial charge in [0.05, 0.1) is 5.41 Å². The van der Waals surface area contributed by atoms with Crippen LogP contribution in [0.15, 0.2) is 0 Å². The predicted molar refractivity (Wildman–Crippen MR) is 65.0 cm³/mol. The van der Waals surface area contributed by atoms with Crippen LogP contribution in [0, 0.1) is 17.3 Å². The Morgan fingerprint density at radius 1 is 1.58 bits per heavy atom. The Morgan fingerprint density at radius 2 is 2.26 bits per heavy atom. The molecule has 3 fully saturated rings. The molecule has 106 valence electrons. The number of ether oxygens (including phenoxy) is 2. The monoisotopic (exact) mass is 268 g/mol. The van der Waals surface area contributed by atoms with E-state index in [9.17, 15) is 14.7 Å². The average molecular weight is 268 g/mol. The molecule has 19 heavy (non-hydrogen) atoms. The zero-order valence-electron chi connectivity index (χ0n) is 11.5. The molecule has 1 saturated heterocycles. The molecule has 0 radical (unpaired) electrons. The molecular formula is C14H20O5. The van der Waals surface area contributed by atoms with E-state index in [1.165, 1.54) is 0 Å². The smallest absolute Gasteiger partial charge is 0.338 e. The molecule has 3 rings (SSSR count). The number of hydrogen-bond acceptors (Lipinski definition) is 5. The Hall–Kier alpha value is -1.10. The molecule has 1 N–H and O–H groups in total. The fraction of sp³-hybridized carbons (Fsp3) is 0.857. The summed E-state index contributed by atoms with van der Waals surface area (Å²) in [6, 6.07) is 0. The molecule has 1 heterocycles. The van der Waals surface area contributed by atoms with E-state index in [1.807, 2.05) is 20.8 Å². The molecule has 3 aliphatic rings. The van der Waals surface area contributed by atoms with Crippen LogP contribution in [0.4, 0.5) is 0 Å². The topological polar surface area (TPSA) is 72.8 Å². The lowest BCUT2D eigenvalue weighted by Gasteiger charge is -2.31. The van der Waals surface area contributed by atoms with Crippen molar-refractivity contribution < 1.29 is 24.2 Å². The Balaban J connectivity index is 1.76. The largest absolute Gasteiger partial charge is 0.458 e. The van der Waals surface area contributed by atoms with Gasteiger partial charge in [0, 0.05) is 11.8 Å². The first-order valence-corrected chi connectivity index (χ1v) is 6.94. The number of hydrogen-bond donors (Lipinski definition) is 1. The van der Waals surface area contributed by atoms with Crippen molar-refractivity contribution in [1.29, 1.82) is 0 Å². The van der Waals surface area contributed by atoms with E-state index in [-0.39, 0.29) is 23.9 Å². The van der Waals surface area contributed by atoms with E-state index in [2.05, 4.69) is 0 Å². The van der Waals surface area contributed by atoms with Gasteiger partial charge >= 0.3 is 11.9 Å². The number of esters is 2. The van der Waals surface area contributed by atoms with Gasteiger partial charge in [0.15, 0.2) is 5.60 Å². The van der Waals surface area contributed by atoms with Gasteiger partial charge in [-0.05, 0) is 33.1 Å². The molecule has 0 aromatic rings. The summed E-state index contributed by atoms with van der Waals surface area (Å²) in [4.78, 5) is 23.8. The van der Waals surface area contributed by atoms with E-state index in [0.717, 1.165) is 0 Å². The van der Waals surface area contributed by atoms with Gasteiger partial charge in [0.2, 0.25) is 0 Å². The molecule has 5 heteroatoms. The van der Waals surface area contributed by atoms with Crippen LogP contribution in [-0.2, 0) is 19.1 Å². The highest BCUT2D eigenvalue weighted by molar-refractivity contribution is 5.84. The van der Waals surface area contributed by atoms with Crippen molar-refractivity contribution in [2.24, 2.45) is 17.3 Å². The standard InChI is InChI=1S/C14H20O5/c1-4-13(2,3)11(15)18-9-7-5-8-10(9)19-12(16)14(8,17)6-7/h7-10,17H,4-6H2,1-3H3. The Labute approximate surface area is 112 Å². The Bertz CT molecular complexity index is 443. The lowest BCUT2D eigenvalue weighted by atomic mass is 9.83. The van der Waals surface area contributed by atoms with Crippen molar-refractivity contribution in [2.45, 2.75) is 57.8 Å².